The monoisotopic (exact) mass is 386 g/mol. The van der Waals surface area contributed by atoms with Crippen molar-refractivity contribution in [2.45, 2.75) is 45.7 Å². The lowest BCUT2D eigenvalue weighted by molar-refractivity contribution is 0.322. The largest absolute Gasteiger partial charge is 0.492 e. The Morgan fingerprint density at radius 3 is 2.89 bits per heavy atom. The van der Waals surface area contributed by atoms with Crippen LogP contribution in [-0.2, 0) is 19.5 Å². The SMILES string of the molecule is CCNC(=NCCCn1nc2n(c1=O)CCCC2)NCCOc1ccccc1. The highest BCUT2D eigenvalue weighted by molar-refractivity contribution is 5.79. The van der Waals surface area contributed by atoms with Gasteiger partial charge in [0.1, 0.15) is 18.2 Å². The number of nitrogens with zero attached hydrogens (tertiary/aromatic N) is 4. The van der Waals surface area contributed by atoms with E-state index in [0.717, 1.165) is 56.3 Å². The van der Waals surface area contributed by atoms with Gasteiger partial charge < -0.3 is 15.4 Å². The normalized spacial score (nSPS) is 13.8. The Morgan fingerprint density at radius 2 is 2.11 bits per heavy atom. The molecule has 0 aliphatic carbocycles. The quantitative estimate of drug-likeness (QED) is 0.387. The van der Waals surface area contributed by atoms with E-state index in [4.69, 9.17) is 4.74 Å². The number of guanidine groups is 1. The third-order valence-electron chi connectivity index (χ3n) is 4.58. The van der Waals surface area contributed by atoms with Crippen molar-refractivity contribution in [3.05, 3.63) is 46.6 Å². The number of aromatic nitrogens is 3. The summed E-state index contributed by atoms with van der Waals surface area (Å²) in [7, 11) is 0. The molecular weight excluding hydrogens is 356 g/mol. The molecule has 0 spiro atoms. The molecule has 28 heavy (non-hydrogen) atoms. The molecule has 0 bridgehead atoms. The first-order valence-corrected chi connectivity index (χ1v) is 10.1. The first-order chi connectivity index (χ1) is 13.8. The molecular formula is C20H30N6O2. The lowest BCUT2D eigenvalue weighted by atomic mass is 10.2. The van der Waals surface area contributed by atoms with Crippen LogP contribution in [0, 0.1) is 0 Å². The summed E-state index contributed by atoms with van der Waals surface area (Å²) in [5, 5.41) is 11.0. The Kier molecular flexibility index (Phi) is 7.52. The third kappa shape index (κ3) is 5.61. The summed E-state index contributed by atoms with van der Waals surface area (Å²) < 4.78 is 9.08. The van der Waals surface area contributed by atoms with E-state index in [1.807, 2.05) is 41.8 Å². The molecule has 0 unspecified atom stereocenters. The van der Waals surface area contributed by atoms with Gasteiger partial charge in [0.15, 0.2) is 5.96 Å². The van der Waals surface area contributed by atoms with Crippen molar-refractivity contribution in [3.63, 3.8) is 0 Å². The van der Waals surface area contributed by atoms with Crippen LogP contribution in [0.5, 0.6) is 5.75 Å². The summed E-state index contributed by atoms with van der Waals surface area (Å²) in [6, 6.07) is 9.75. The lowest BCUT2D eigenvalue weighted by Crippen LogP contribution is -2.39. The first kappa shape index (κ1) is 20.0. The van der Waals surface area contributed by atoms with Crippen molar-refractivity contribution in [3.8, 4) is 5.75 Å². The molecule has 2 aromatic rings. The van der Waals surface area contributed by atoms with Crippen LogP contribution in [0.4, 0.5) is 0 Å². The van der Waals surface area contributed by atoms with Gasteiger partial charge in [0.2, 0.25) is 0 Å². The van der Waals surface area contributed by atoms with Crippen molar-refractivity contribution in [2.75, 3.05) is 26.2 Å². The maximum Gasteiger partial charge on any atom is 0.345 e. The molecule has 0 saturated heterocycles. The summed E-state index contributed by atoms with van der Waals surface area (Å²) >= 11 is 0. The van der Waals surface area contributed by atoms with Gasteiger partial charge >= 0.3 is 5.69 Å². The molecule has 2 N–H and O–H groups in total. The highest BCUT2D eigenvalue weighted by Crippen LogP contribution is 2.09. The van der Waals surface area contributed by atoms with Crippen LogP contribution in [0.25, 0.3) is 0 Å². The Morgan fingerprint density at radius 1 is 1.25 bits per heavy atom. The Labute approximate surface area is 165 Å². The molecule has 0 amide bonds. The van der Waals surface area contributed by atoms with Gasteiger partial charge in [-0.25, -0.2) is 9.48 Å². The summed E-state index contributed by atoms with van der Waals surface area (Å²) in [4.78, 5) is 16.9. The zero-order valence-corrected chi connectivity index (χ0v) is 16.6. The minimum absolute atomic E-state index is 0.0155. The standard InChI is InChI=1S/C20H30N6O2/c1-2-21-19(23-13-16-28-17-9-4-3-5-10-17)22-12-8-15-26-20(27)25-14-7-6-11-18(25)24-26/h3-5,9-10H,2,6-8,11-16H2,1H3,(H2,21,22,23). The summed E-state index contributed by atoms with van der Waals surface area (Å²) in [5.41, 5.74) is 0.0155. The molecule has 8 heteroatoms. The number of fused-ring (bicyclic) bond motifs is 1. The van der Waals surface area contributed by atoms with Gasteiger partial charge in [-0.05, 0) is 38.3 Å². The highest BCUT2D eigenvalue weighted by atomic mass is 16.5. The average Bonchev–Trinajstić information content (AvgIpc) is 3.05. The molecule has 0 saturated carbocycles. The number of hydrogen-bond donors (Lipinski definition) is 2. The molecule has 1 aliphatic rings. The van der Waals surface area contributed by atoms with Crippen LogP contribution >= 0.6 is 0 Å². The predicted molar refractivity (Wildman–Crippen MR) is 110 cm³/mol. The second kappa shape index (κ2) is 10.5. The zero-order valence-electron chi connectivity index (χ0n) is 16.6. The van der Waals surface area contributed by atoms with Gasteiger partial charge in [-0.3, -0.25) is 9.56 Å². The molecule has 0 radical (unpaired) electrons. The predicted octanol–water partition coefficient (Wildman–Crippen LogP) is 1.41. The van der Waals surface area contributed by atoms with Gasteiger partial charge in [0.25, 0.3) is 0 Å². The van der Waals surface area contributed by atoms with Crippen molar-refractivity contribution in [2.24, 2.45) is 4.99 Å². The van der Waals surface area contributed by atoms with Crippen molar-refractivity contribution in [1.82, 2.24) is 25.0 Å². The second-order valence-corrected chi connectivity index (χ2v) is 6.73. The number of aliphatic imine (C=N–C) groups is 1. The van der Waals surface area contributed by atoms with Crippen molar-refractivity contribution in [1.29, 1.82) is 0 Å². The van der Waals surface area contributed by atoms with E-state index in [2.05, 4.69) is 20.7 Å². The molecule has 3 rings (SSSR count). The maximum absolute atomic E-state index is 12.3. The van der Waals surface area contributed by atoms with E-state index in [-0.39, 0.29) is 5.69 Å². The number of rotatable bonds is 9. The van der Waals surface area contributed by atoms with Gasteiger partial charge in [0.05, 0.1) is 6.54 Å². The van der Waals surface area contributed by atoms with Gasteiger partial charge in [-0.2, -0.15) is 5.10 Å². The van der Waals surface area contributed by atoms with E-state index in [9.17, 15) is 4.79 Å². The fraction of sp³-hybridized carbons (Fsp3) is 0.550. The van der Waals surface area contributed by atoms with Gasteiger partial charge in [-0.15, -0.1) is 0 Å². The van der Waals surface area contributed by atoms with E-state index >= 15 is 0 Å². The van der Waals surface area contributed by atoms with Gasteiger partial charge in [-0.1, -0.05) is 18.2 Å². The molecule has 1 aliphatic heterocycles. The number of ether oxygens (including phenoxy) is 1. The smallest absolute Gasteiger partial charge is 0.345 e. The molecule has 1 aromatic heterocycles. The first-order valence-electron chi connectivity index (χ1n) is 10.1. The van der Waals surface area contributed by atoms with Crippen molar-refractivity contribution < 1.29 is 4.74 Å². The zero-order chi connectivity index (χ0) is 19.6. The molecule has 0 fully saturated rings. The van der Waals surface area contributed by atoms with Crippen molar-refractivity contribution >= 4 is 5.96 Å². The fourth-order valence-electron chi connectivity index (χ4n) is 3.20. The minimum atomic E-state index is 0.0155. The van der Waals surface area contributed by atoms with E-state index < -0.39 is 0 Å². The molecule has 8 nitrogen and oxygen atoms in total. The Bertz CT molecular complexity index is 812. The molecule has 0 atom stereocenters. The lowest BCUT2D eigenvalue weighted by Gasteiger charge is -2.12. The number of nitrogens with one attached hydrogen (secondary N) is 2. The van der Waals surface area contributed by atoms with E-state index in [0.29, 0.717) is 26.2 Å². The molecule has 2 heterocycles. The van der Waals surface area contributed by atoms with Crippen LogP contribution in [-0.4, -0.2) is 46.5 Å². The Hall–Kier alpha value is -2.77. The maximum atomic E-state index is 12.3. The van der Waals surface area contributed by atoms with E-state index in [1.165, 1.54) is 0 Å². The minimum Gasteiger partial charge on any atom is -0.492 e. The molecule has 1 aromatic carbocycles. The van der Waals surface area contributed by atoms with Gasteiger partial charge in [0, 0.05) is 32.6 Å². The number of benzene rings is 1. The second-order valence-electron chi connectivity index (χ2n) is 6.73. The van der Waals surface area contributed by atoms with Crippen LogP contribution < -0.4 is 21.1 Å². The fourth-order valence-corrected chi connectivity index (χ4v) is 3.20. The third-order valence-corrected chi connectivity index (χ3v) is 4.58. The Balaban J connectivity index is 1.41. The van der Waals surface area contributed by atoms with Crippen LogP contribution in [0.1, 0.15) is 32.0 Å². The number of aryl methyl sites for hydroxylation is 2. The number of para-hydroxylation sites is 1. The highest BCUT2D eigenvalue weighted by Gasteiger charge is 2.16. The van der Waals surface area contributed by atoms with Crippen LogP contribution in [0.2, 0.25) is 0 Å². The topological polar surface area (TPSA) is 85.5 Å². The summed E-state index contributed by atoms with van der Waals surface area (Å²) in [6.45, 7) is 6.07. The van der Waals surface area contributed by atoms with E-state index in [1.54, 1.807) is 4.68 Å². The van der Waals surface area contributed by atoms with Crippen LogP contribution in [0.15, 0.2) is 40.1 Å². The van der Waals surface area contributed by atoms with Crippen LogP contribution in [0.3, 0.4) is 0 Å². The summed E-state index contributed by atoms with van der Waals surface area (Å²) in [6.07, 6.45) is 3.86. The number of hydrogen-bond acceptors (Lipinski definition) is 4. The average molecular weight is 387 g/mol. The molecule has 152 valence electrons. The summed E-state index contributed by atoms with van der Waals surface area (Å²) in [5.74, 6) is 2.54.